The molecule has 0 radical (unpaired) electrons. The number of ether oxygens (including phenoxy) is 1. The van der Waals surface area contributed by atoms with Crippen molar-refractivity contribution in [3.63, 3.8) is 0 Å². The van der Waals surface area contributed by atoms with Gasteiger partial charge in [-0.2, -0.15) is 0 Å². The third kappa shape index (κ3) is 3.39. The molecule has 0 amide bonds. The van der Waals surface area contributed by atoms with Crippen molar-refractivity contribution in [3.8, 4) is 5.75 Å². The molecule has 110 valence electrons. The van der Waals surface area contributed by atoms with Crippen molar-refractivity contribution < 1.29 is 9.84 Å². The van der Waals surface area contributed by atoms with Crippen LogP contribution in [0.25, 0.3) is 0 Å². The van der Waals surface area contributed by atoms with Crippen LogP contribution in [0, 0.1) is 6.92 Å². The van der Waals surface area contributed by atoms with Gasteiger partial charge in [0.25, 0.3) is 0 Å². The van der Waals surface area contributed by atoms with Gasteiger partial charge in [-0.3, -0.25) is 0 Å². The molecule has 0 fully saturated rings. The third-order valence-corrected chi connectivity index (χ3v) is 4.13. The summed E-state index contributed by atoms with van der Waals surface area (Å²) >= 11 is 6.05. The molecular formula is C18H19ClO2. The fourth-order valence-electron chi connectivity index (χ4n) is 2.82. The van der Waals surface area contributed by atoms with Crippen molar-refractivity contribution in [1.82, 2.24) is 0 Å². The predicted octanol–water partition coefficient (Wildman–Crippen LogP) is 4.25. The molecule has 1 atom stereocenters. The monoisotopic (exact) mass is 302 g/mol. The van der Waals surface area contributed by atoms with Gasteiger partial charge in [-0.1, -0.05) is 29.8 Å². The smallest absolute Gasteiger partial charge is 0.122 e. The number of aliphatic hydroxyl groups is 1. The van der Waals surface area contributed by atoms with Crippen molar-refractivity contribution in [2.45, 2.75) is 32.3 Å². The van der Waals surface area contributed by atoms with Gasteiger partial charge in [0.15, 0.2) is 0 Å². The first kappa shape index (κ1) is 14.4. The van der Waals surface area contributed by atoms with Gasteiger partial charge in [0.1, 0.15) is 5.75 Å². The second kappa shape index (κ2) is 6.08. The summed E-state index contributed by atoms with van der Waals surface area (Å²) in [7, 11) is 0. The highest BCUT2D eigenvalue weighted by molar-refractivity contribution is 6.30. The highest BCUT2D eigenvalue weighted by atomic mass is 35.5. The van der Waals surface area contributed by atoms with Gasteiger partial charge in [-0.05, 0) is 60.2 Å². The van der Waals surface area contributed by atoms with Crippen molar-refractivity contribution in [1.29, 1.82) is 0 Å². The quantitative estimate of drug-likeness (QED) is 0.915. The Hall–Kier alpha value is -1.51. The summed E-state index contributed by atoms with van der Waals surface area (Å²) in [5.74, 6) is 1.00. The molecule has 0 bridgehead atoms. The Morgan fingerprint density at radius 2 is 2.10 bits per heavy atom. The molecule has 2 nitrogen and oxygen atoms in total. The zero-order chi connectivity index (χ0) is 14.8. The van der Waals surface area contributed by atoms with E-state index >= 15 is 0 Å². The van der Waals surface area contributed by atoms with Gasteiger partial charge in [0.05, 0.1) is 12.7 Å². The third-order valence-electron chi connectivity index (χ3n) is 3.91. The molecule has 1 aliphatic heterocycles. The van der Waals surface area contributed by atoms with Crippen LogP contribution in [0.15, 0.2) is 36.4 Å². The minimum absolute atomic E-state index is 0.480. The maximum absolute atomic E-state index is 10.3. The van der Waals surface area contributed by atoms with Gasteiger partial charge >= 0.3 is 0 Å². The molecule has 3 rings (SSSR count). The molecular weight excluding hydrogens is 284 g/mol. The molecule has 21 heavy (non-hydrogen) atoms. The van der Waals surface area contributed by atoms with Gasteiger partial charge in [-0.15, -0.1) is 0 Å². The summed E-state index contributed by atoms with van der Waals surface area (Å²) in [4.78, 5) is 0. The summed E-state index contributed by atoms with van der Waals surface area (Å²) in [6.45, 7) is 2.77. The molecule has 1 heterocycles. The van der Waals surface area contributed by atoms with E-state index in [0.717, 1.165) is 36.3 Å². The van der Waals surface area contributed by atoms with Crippen LogP contribution in [0.2, 0.25) is 5.02 Å². The Morgan fingerprint density at radius 3 is 2.90 bits per heavy atom. The largest absolute Gasteiger partial charge is 0.493 e. The van der Waals surface area contributed by atoms with Crippen LogP contribution in [-0.4, -0.2) is 11.7 Å². The molecule has 0 aliphatic carbocycles. The minimum atomic E-state index is -0.480. The van der Waals surface area contributed by atoms with Crippen LogP contribution in [0.5, 0.6) is 5.75 Å². The fraction of sp³-hybridized carbons (Fsp3) is 0.333. The number of fused-ring (bicyclic) bond motifs is 1. The summed E-state index contributed by atoms with van der Waals surface area (Å²) in [5.41, 5.74) is 4.49. The van der Waals surface area contributed by atoms with Crippen molar-refractivity contribution in [2.24, 2.45) is 0 Å². The second-order valence-electron chi connectivity index (χ2n) is 5.66. The van der Waals surface area contributed by atoms with E-state index < -0.39 is 6.10 Å². The molecule has 2 aromatic carbocycles. The number of halogens is 1. The van der Waals surface area contributed by atoms with Gasteiger partial charge in [0, 0.05) is 11.4 Å². The minimum Gasteiger partial charge on any atom is -0.493 e. The predicted molar refractivity (Wildman–Crippen MR) is 85.1 cm³/mol. The van der Waals surface area contributed by atoms with Crippen LogP contribution < -0.4 is 4.74 Å². The number of aryl methyl sites for hydroxylation is 2. The molecule has 0 aromatic heterocycles. The normalized spacial score (nSPS) is 14.6. The number of rotatable bonds is 4. The first-order valence-electron chi connectivity index (χ1n) is 7.31. The van der Waals surface area contributed by atoms with E-state index in [1.807, 2.05) is 31.2 Å². The highest BCUT2D eigenvalue weighted by Gasteiger charge is 2.13. The number of hydrogen-bond donors (Lipinski definition) is 1. The van der Waals surface area contributed by atoms with E-state index in [1.54, 1.807) is 0 Å². The van der Waals surface area contributed by atoms with Crippen LogP contribution in [0.4, 0.5) is 0 Å². The average Bonchev–Trinajstić information content (AvgIpc) is 2.91. The topological polar surface area (TPSA) is 29.5 Å². The number of benzene rings is 2. The van der Waals surface area contributed by atoms with Crippen LogP contribution >= 0.6 is 11.6 Å². The first-order valence-corrected chi connectivity index (χ1v) is 7.69. The lowest BCUT2D eigenvalue weighted by atomic mass is 9.99. The summed E-state index contributed by atoms with van der Waals surface area (Å²) in [6.07, 6.45) is 2.05. The lowest BCUT2D eigenvalue weighted by molar-refractivity contribution is 0.168. The van der Waals surface area contributed by atoms with Crippen molar-refractivity contribution >= 4 is 11.6 Å². The van der Waals surface area contributed by atoms with Crippen LogP contribution in [0.1, 0.15) is 34.8 Å². The highest BCUT2D eigenvalue weighted by Crippen LogP contribution is 2.28. The van der Waals surface area contributed by atoms with Crippen molar-refractivity contribution in [2.75, 3.05) is 6.61 Å². The van der Waals surface area contributed by atoms with E-state index in [9.17, 15) is 5.11 Å². The maximum Gasteiger partial charge on any atom is 0.122 e. The zero-order valence-electron chi connectivity index (χ0n) is 12.1. The molecule has 2 aromatic rings. The molecule has 1 unspecified atom stereocenters. The maximum atomic E-state index is 10.3. The number of aliphatic hydroxyl groups excluding tert-OH is 1. The summed E-state index contributed by atoms with van der Waals surface area (Å²) < 4.78 is 5.51. The summed E-state index contributed by atoms with van der Waals surface area (Å²) in [5, 5.41) is 11.0. The second-order valence-corrected chi connectivity index (χ2v) is 6.09. The van der Waals surface area contributed by atoms with E-state index in [0.29, 0.717) is 11.4 Å². The van der Waals surface area contributed by atoms with Gasteiger partial charge < -0.3 is 9.84 Å². The Morgan fingerprint density at radius 1 is 1.24 bits per heavy atom. The number of hydrogen-bond acceptors (Lipinski definition) is 2. The van der Waals surface area contributed by atoms with Crippen molar-refractivity contribution in [3.05, 3.63) is 63.7 Å². The molecule has 1 aliphatic rings. The van der Waals surface area contributed by atoms with E-state index in [4.69, 9.17) is 16.3 Å². The first-order chi connectivity index (χ1) is 10.1. The van der Waals surface area contributed by atoms with Crippen LogP contribution in [-0.2, 0) is 12.8 Å². The molecule has 0 saturated carbocycles. The Labute approximate surface area is 130 Å². The lowest BCUT2D eigenvalue weighted by Crippen LogP contribution is -2.00. The van der Waals surface area contributed by atoms with Crippen LogP contribution in [0.3, 0.4) is 0 Å². The Bertz CT molecular complexity index is 631. The van der Waals surface area contributed by atoms with E-state index in [-0.39, 0.29) is 0 Å². The van der Waals surface area contributed by atoms with Gasteiger partial charge in [0.2, 0.25) is 0 Å². The van der Waals surface area contributed by atoms with E-state index in [2.05, 4.69) is 12.1 Å². The zero-order valence-corrected chi connectivity index (χ0v) is 12.9. The lowest BCUT2D eigenvalue weighted by Gasteiger charge is -2.13. The Balaban J connectivity index is 1.66. The SMILES string of the molecule is Cc1cc(Cl)cc(C(O)CCc2ccc3c(c2)CCO3)c1. The molecule has 0 saturated heterocycles. The molecule has 1 N–H and O–H groups in total. The standard InChI is InChI=1S/C18H19ClO2/c1-12-8-15(11-16(19)9-12)17(20)4-2-13-3-5-18-14(10-13)6-7-21-18/h3,5,8-11,17,20H,2,4,6-7H2,1H3. The molecule has 0 spiro atoms. The average molecular weight is 303 g/mol. The molecule has 3 heteroatoms. The van der Waals surface area contributed by atoms with E-state index in [1.165, 1.54) is 11.1 Å². The fourth-order valence-corrected chi connectivity index (χ4v) is 3.12. The Kier molecular flexibility index (Phi) is 4.18. The van der Waals surface area contributed by atoms with Gasteiger partial charge in [-0.25, -0.2) is 0 Å². The summed E-state index contributed by atoms with van der Waals surface area (Å²) in [6, 6.07) is 12.0.